The highest BCUT2D eigenvalue weighted by atomic mass is 16.6. The summed E-state index contributed by atoms with van der Waals surface area (Å²) in [6, 6.07) is 9.24. The van der Waals surface area contributed by atoms with E-state index in [1.54, 1.807) is 20.2 Å². The minimum atomic E-state index is -0.456. The fraction of sp³-hybridized carbons (Fsp3) is 0.407. The van der Waals surface area contributed by atoms with Gasteiger partial charge in [-0.15, -0.1) is 0 Å². The number of ether oxygens (including phenoxy) is 1. The molecule has 4 aromatic rings. The minimum absolute atomic E-state index is 0.0345. The van der Waals surface area contributed by atoms with Crippen LogP contribution in [0.25, 0.3) is 22.2 Å². The van der Waals surface area contributed by atoms with E-state index in [1.165, 1.54) is 0 Å². The maximum atomic E-state index is 12.8. The van der Waals surface area contributed by atoms with Gasteiger partial charge in [-0.05, 0) is 31.9 Å². The Kier molecular flexibility index (Phi) is 8.60. The number of ketones is 1. The molecule has 1 aromatic carbocycles. The molecular weight excluding hydrogens is 474 g/mol. The summed E-state index contributed by atoms with van der Waals surface area (Å²) in [7, 11) is 1.56. The number of carbonyl (C=O) groups is 2. The normalized spacial score (nSPS) is 12.0. The van der Waals surface area contributed by atoms with E-state index in [9.17, 15) is 9.59 Å². The van der Waals surface area contributed by atoms with Gasteiger partial charge in [-0.1, -0.05) is 48.3 Å². The van der Waals surface area contributed by atoms with Crippen molar-refractivity contribution in [1.29, 1.82) is 0 Å². The first-order valence-corrected chi connectivity index (χ1v) is 12.5. The molecule has 0 radical (unpaired) electrons. The average Bonchev–Trinajstić information content (AvgIpc) is 3.56. The Labute approximate surface area is 214 Å². The summed E-state index contributed by atoms with van der Waals surface area (Å²) in [5.41, 5.74) is 2.54. The lowest BCUT2D eigenvalue weighted by Crippen LogP contribution is -2.30. The topological polar surface area (TPSA) is 133 Å². The zero-order chi connectivity index (χ0) is 26.2. The number of nitrogens with one attached hydrogen (secondary N) is 1. The van der Waals surface area contributed by atoms with Gasteiger partial charge in [0.2, 0.25) is 17.7 Å². The van der Waals surface area contributed by atoms with Crippen molar-refractivity contribution in [2.75, 3.05) is 7.11 Å². The molecule has 0 saturated heterocycles. The fourth-order valence-corrected chi connectivity index (χ4v) is 4.09. The first-order chi connectivity index (χ1) is 18.0. The van der Waals surface area contributed by atoms with Gasteiger partial charge in [0, 0.05) is 18.2 Å². The van der Waals surface area contributed by atoms with Gasteiger partial charge in [0.1, 0.15) is 23.2 Å². The molecule has 3 heterocycles. The van der Waals surface area contributed by atoms with E-state index in [0.29, 0.717) is 53.7 Å². The maximum absolute atomic E-state index is 12.8. The number of hydrogen-bond donors (Lipinski definition) is 1. The third-order valence-corrected chi connectivity index (χ3v) is 6.22. The molecule has 1 unspecified atom stereocenters. The molecule has 1 N–H and O–H groups in total. The Balaban J connectivity index is 1.53. The summed E-state index contributed by atoms with van der Waals surface area (Å²) in [4.78, 5) is 33.5. The summed E-state index contributed by atoms with van der Waals surface area (Å²) in [6.45, 7) is 3.61. The third kappa shape index (κ3) is 6.58. The molecule has 0 spiro atoms. The van der Waals surface area contributed by atoms with Gasteiger partial charge >= 0.3 is 0 Å². The number of Topliss-reactive ketones (excluding diaryl/α,β-unsaturated/α-hetero) is 1. The van der Waals surface area contributed by atoms with E-state index in [-0.39, 0.29) is 18.1 Å². The van der Waals surface area contributed by atoms with Crippen LogP contribution in [0.15, 0.2) is 45.6 Å². The average molecular weight is 506 g/mol. The second kappa shape index (κ2) is 12.2. The SMILES string of the molecule is CCC(=O)CCCCCC(NC(=O)Cc1nonc1C)c1ncc(-c2cc3ccccc3nc2OC)o1. The lowest BCUT2D eigenvalue weighted by atomic mass is 10.0. The van der Waals surface area contributed by atoms with Gasteiger partial charge in [0.15, 0.2) is 5.76 Å². The molecule has 194 valence electrons. The molecule has 3 aromatic heterocycles. The van der Waals surface area contributed by atoms with Crippen LogP contribution >= 0.6 is 0 Å². The summed E-state index contributed by atoms with van der Waals surface area (Å²) in [5, 5.41) is 11.5. The van der Waals surface area contributed by atoms with E-state index in [0.717, 1.165) is 30.2 Å². The molecule has 0 aliphatic rings. The third-order valence-electron chi connectivity index (χ3n) is 6.22. The predicted octanol–water partition coefficient (Wildman–Crippen LogP) is 4.92. The summed E-state index contributed by atoms with van der Waals surface area (Å²) >= 11 is 0. The molecule has 10 heteroatoms. The van der Waals surface area contributed by atoms with Crippen molar-refractivity contribution in [3.05, 3.63) is 53.8 Å². The maximum Gasteiger partial charge on any atom is 0.226 e. The molecule has 0 aliphatic carbocycles. The van der Waals surface area contributed by atoms with Gasteiger partial charge in [0.25, 0.3) is 0 Å². The number of para-hydroxylation sites is 1. The van der Waals surface area contributed by atoms with Gasteiger partial charge < -0.3 is 14.5 Å². The monoisotopic (exact) mass is 505 g/mol. The second-order valence-electron chi connectivity index (χ2n) is 8.89. The molecule has 0 saturated carbocycles. The van der Waals surface area contributed by atoms with Crippen LogP contribution in [0.2, 0.25) is 0 Å². The summed E-state index contributed by atoms with van der Waals surface area (Å²) in [5.74, 6) is 1.33. The van der Waals surface area contributed by atoms with Crippen molar-refractivity contribution in [2.24, 2.45) is 0 Å². The van der Waals surface area contributed by atoms with Crippen molar-refractivity contribution >= 4 is 22.6 Å². The van der Waals surface area contributed by atoms with Crippen LogP contribution in [0, 0.1) is 6.92 Å². The molecular formula is C27H31N5O5. The Morgan fingerprint density at radius 1 is 1.14 bits per heavy atom. The number of rotatable bonds is 13. The van der Waals surface area contributed by atoms with Gasteiger partial charge in [-0.25, -0.2) is 14.6 Å². The quantitative estimate of drug-likeness (QED) is 0.251. The number of carbonyl (C=O) groups excluding carboxylic acids is 2. The number of oxazole rings is 1. The fourth-order valence-electron chi connectivity index (χ4n) is 4.09. The molecule has 4 rings (SSSR count). The molecule has 10 nitrogen and oxygen atoms in total. The largest absolute Gasteiger partial charge is 0.480 e. The van der Waals surface area contributed by atoms with E-state index in [1.807, 2.05) is 37.3 Å². The number of methoxy groups -OCH3 is 1. The first-order valence-electron chi connectivity index (χ1n) is 12.5. The predicted molar refractivity (Wildman–Crippen MR) is 136 cm³/mol. The Morgan fingerprint density at radius 3 is 2.73 bits per heavy atom. The van der Waals surface area contributed by atoms with E-state index >= 15 is 0 Å². The molecule has 0 fully saturated rings. The number of hydrogen-bond acceptors (Lipinski definition) is 9. The number of amides is 1. The molecule has 37 heavy (non-hydrogen) atoms. The van der Waals surface area contributed by atoms with E-state index in [2.05, 4.69) is 25.6 Å². The Hall–Kier alpha value is -4.08. The van der Waals surface area contributed by atoms with Crippen LogP contribution in [0.1, 0.15) is 68.8 Å². The summed E-state index contributed by atoms with van der Waals surface area (Å²) in [6.07, 6.45) is 5.86. The van der Waals surface area contributed by atoms with Crippen LogP contribution in [0.3, 0.4) is 0 Å². The van der Waals surface area contributed by atoms with Gasteiger partial charge in [-0.3, -0.25) is 9.59 Å². The number of aryl methyl sites for hydroxylation is 1. The Bertz CT molecular complexity index is 1360. The van der Waals surface area contributed by atoms with Crippen molar-refractivity contribution < 1.29 is 23.4 Å². The van der Waals surface area contributed by atoms with Crippen molar-refractivity contribution in [2.45, 2.75) is 64.8 Å². The van der Waals surface area contributed by atoms with Gasteiger partial charge in [0.05, 0.1) is 30.8 Å². The lowest BCUT2D eigenvalue weighted by molar-refractivity contribution is -0.121. The van der Waals surface area contributed by atoms with E-state index in [4.69, 9.17) is 13.8 Å². The minimum Gasteiger partial charge on any atom is -0.480 e. The number of pyridine rings is 1. The van der Waals surface area contributed by atoms with Crippen molar-refractivity contribution in [3.8, 4) is 17.2 Å². The number of benzene rings is 1. The molecule has 1 amide bonds. The first kappa shape index (κ1) is 26.0. The zero-order valence-electron chi connectivity index (χ0n) is 21.3. The van der Waals surface area contributed by atoms with Crippen LogP contribution in [0.4, 0.5) is 0 Å². The highest BCUT2D eigenvalue weighted by molar-refractivity contribution is 5.85. The van der Waals surface area contributed by atoms with Crippen LogP contribution in [-0.4, -0.2) is 39.1 Å². The van der Waals surface area contributed by atoms with Crippen LogP contribution in [0.5, 0.6) is 5.88 Å². The van der Waals surface area contributed by atoms with Crippen LogP contribution in [-0.2, 0) is 16.0 Å². The number of nitrogens with zero attached hydrogens (tertiary/aromatic N) is 4. The standard InChI is InChI=1S/C27H31N5O5/c1-4-19(33)11-6-5-7-13-22(29-25(34)15-23-17(2)31-37-32-23)27-28-16-24(36-27)20-14-18-10-8-9-12-21(18)30-26(20)35-3/h8-10,12,14,16,22H,4-7,11,13,15H2,1-3H3,(H,29,34). The highest BCUT2D eigenvalue weighted by Crippen LogP contribution is 2.33. The lowest BCUT2D eigenvalue weighted by Gasteiger charge is -2.15. The smallest absolute Gasteiger partial charge is 0.226 e. The van der Waals surface area contributed by atoms with Gasteiger partial charge in [-0.2, -0.15) is 0 Å². The zero-order valence-corrected chi connectivity index (χ0v) is 21.3. The highest BCUT2D eigenvalue weighted by Gasteiger charge is 2.23. The molecule has 1 atom stereocenters. The summed E-state index contributed by atoms with van der Waals surface area (Å²) < 4.78 is 16.4. The number of fused-ring (bicyclic) bond motifs is 1. The molecule has 0 bridgehead atoms. The number of unbranched alkanes of at least 4 members (excludes halogenated alkanes) is 2. The Morgan fingerprint density at radius 2 is 1.97 bits per heavy atom. The van der Waals surface area contributed by atoms with Crippen molar-refractivity contribution in [3.63, 3.8) is 0 Å². The van der Waals surface area contributed by atoms with E-state index < -0.39 is 6.04 Å². The van der Waals surface area contributed by atoms with Crippen molar-refractivity contribution in [1.82, 2.24) is 25.6 Å². The number of aromatic nitrogens is 4. The molecule has 0 aliphatic heterocycles. The van der Waals surface area contributed by atoms with Crippen LogP contribution < -0.4 is 10.1 Å². The second-order valence-corrected chi connectivity index (χ2v) is 8.89.